The lowest BCUT2D eigenvalue weighted by molar-refractivity contribution is -0.171. The van der Waals surface area contributed by atoms with Crippen molar-refractivity contribution in [1.29, 1.82) is 0 Å². The van der Waals surface area contributed by atoms with Crippen LogP contribution in [0.4, 0.5) is 0 Å². The zero-order chi connectivity index (χ0) is 15.5. The van der Waals surface area contributed by atoms with Gasteiger partial charge in [0.15, 0.2) is 6.10 Å². The second-order valence-corrected chi connectivity index (χ2v) is 5.45. The molecule has 0 bridgehead atoms. The number of rotatable bonds is 2. The summed E-state index contributed by atoms with van der Waals surface area (Å²) in [6.07, 6.45) is -0.767. The second-order valence-electron chi connectivity index (χ2n) is 5.45. The number of ether oxygens (including phenoxy) is 4. The van der Waals surface area contributed by atoms with E-state index in [0.29, 0.717) is 32.9 Å². The van der Waals surface area contributed by atoms with E-state index in [1.165, 1.54) is 0 Å². The second kappa shape index (κ2) is 6.54. The van der Waals surface area contributed by atoms with Crippen molar-refractivity contribution >= 4 is 5.91 Å². The van der Waals surface area contributed by atoms with Gasteiger partial charge in [0, 0.05) is 12.1 Å². The summed E-state index contributed by atoms with van der Waals surface area (Å²) in [6.45, 7) is 4.34. The van der Waals surface area contributed by atoms with Gasteiger partial charge < -0.3 is 23.8 Å². The predicted octanol–water partition coefficient (Wildman–Crippen LogP) is 1.22. The fourth-order valence-corrected chi connectivity index (χ4v) is 2.77. The van der Waals surface area contributed by atoms with E-state index in [1.54, 1.807) is 12.0 Å². The minimum Gasteiger partial charge on any atom is -0.497 e. The Balaban J connectivity index is 1.78. The van der Waals surface area contributed by atoms with Crippen molar-refractivity contribution < 1.29 is 23.7 Å². The molecule has 0 N–H and O–H groups in total. The van der Waals surface area contributed by atoms with Gasteiger partial charge in [0.1, 0.15) is 18.1 Å². The third-order valence-corrected chi connectivity index (χ3v) is 3.99. The molecule has 2 heterocycles. The molecule has 2 atom stereocenters. The minimum absolute atomic E-state index is 0.0496. The first-order chi connectivity index (χ1) is 10.7. The summed E-state index contributed by atoms with van der Waals surface area (Å²) < 4.78 is 22.1. The highest BCUT2D eigenvalue weighted by molar-refractivity contribution is 5.81. The van der Waals surface area contributed by atoms with E-state index in [9.17, 15) is 4.79 Å². The average molecular weight is 307 g/mol. The molecular weight excluding hydrogens is 286 g/mol. The standard InChI is InChI=1S/C16H21NO5/c1-11-15(22-8-7-20-11)16(18)17-5-6-21-14-4-3-13(19-2)9-12(14)10-17/h3-4,9,11,15H,5-8,10H2,1-2H3/t11-,15-/m0/s1. The maximum absolute atomic E-state index is 12.7. The molecule has 0 unspecified atom stereocenters. The van der Waals surface area contributed by atoms with Crippen molar-refractivity contribution in [1.82, 2.24) is 4.90 Å². The molecule has 0 radical (unpaired) electrons. The SMILES string of the molecule is COc1ccc2c(c1)CN(C(=O)[C@H]1OCCO[C@H]1C)CCO2. The number of carbonyl (C=O) groups excluding carboxylic acids is 1. The summed E-state index contributed by atoms with van der Waals surface area (Å²) >= 11 is 0. The molecule has 2 aliphatic heterocycles. The lowest BCUT2D eigenvalue weighted by atomic mass is 10.1. The van der Waals surface area contributed by atoms with Gasteiger partial charge in [0.05, 0.1) is 33.0 Å². The fourth-order valence-electron chi connectivity index (χ4n) is 2.77. The maximum atomic E-state index is 12.7. The molecule has 0 spiro atoms. The van der Waals surface area contributed by atoms with Crippen molar-refractivity contribution in [2.45, 2.75) is 25.7 Å². The van der Waals surface area contributed by atoms with Gasteiger partial charge in [-0.05, 0) is 25.1 Å². The molecule has 120 valence electrons. The number of nitrogens with zero attached hydrogens (tertiary/aromatic N) is 1. The Morgan fingerprint density at radius 3 is 2.86 bits per heavy atom. The van der Waals surface area contributed by atoms with E-state index >= 15 is 0 Å². The van der Waals surface area contributed by atoms with Gasteiger partial charge in [-0.15, -0.1) is 0 Å². The Labute approximate surface area is 129 Å². The Hall–Kier alpha value is -1.79. The molecule has 1 aromatic carbocycles. The molecule has 1 saturated heterocycles. The Morgan fingerprint density at radius 2 is 2.09 bits per heavy atom. The van der Waals surface area contributed by atoms with Crippen molar-refractivity contribution in [3.05, 3.63) is 23.8 Å². The number of fused-ring (bicyclic) bond motifs is 1. The van der Waals surface area contributed by atoms with Gasteiger partial charge in [0.2, 0.25) is 0 Å². The summed E-state index contributed by atoms with van der Waals surface area (Å²) in [6, 6.07) is 5.64. The number of benzene rings is 1. The topological polar surface area (TPSA) is 57.2 Å². The largest absolute Gasteiger partial charge is 0.497 e. The highest BCUT2D eigenvalue weighted by Crippen LogP contribution is 2.28. The monoisotopic (exact) mass is 307 g/mol. The lowest BCUT2D eigenvalue weighted by Gasteiger charge is -2.32. The lowest BCUT2D eigenvalue weighted by Crippen LogP contribution is -2.49. The molecule has 22 heavy (non-hydrogen) atoms. The molecule has 6 nitrogen and oxygen atoms in total. The highest BCUT2D eigenvalue weighted by Gasteiger charge is 2.34. The summed E-state index contributed by atoms with van der Waals surface area (Å²) in [4.78, 5) is 14.5. The molecular formula is C16H21NO5. The molecule has 1 fully saturated rings. The predicted molar refractivity (Wildman–Crippen MR) is 79.1 cm³/mol. The molecule has 6 heteroatoms. The van der Waals surface area contributed by atoms with E-state index in [0.717, 1.165) is 17.1 Å². The molecule has 2 aliphatic rings. The first kappa shape index (κ1) is 15.1. The van der Waals surface area contributed by atoms with E-state index in [-0.39, 0.29) is 12.0 Å². The van der Waals surface area contributed by atoms with Crippen molar-refractivity contribution in [2.75, 3.05) is 33.5 Å². The van der Waals surface area contributed by atoms with E-state index in [4.69, 9.17) is 18.9 Å². The third kappa shape index (κ3) is 3.03. The van der Waals surface area contributed by atoms with Crippen LogP contribution in [0.25, 0.3) is 0 Å². The third-order valence-electron chi connectivity index (χ3n) is 3.99. The smallest absolute Gasteiger partial charge is 0.254 e. The van der Waals surface area contributed by atoms with Crippen LogP contribution >= 0.6 is 0 Å². The van der Waals surface area contributed by atoms with Crippen LogP contribution in [0.2, 0.25) is 0 Å². The average Bonchev–Trinajstić information content (AvgIpc) is 2.76. The molecule has 0 aromatic heterocycles. The van der Waals surface area contributed by atoms with Gasteiger partial charge in [-0.25, -0.2) is 0 Å². The molecule has 3 rings (SSSR count). The van der Waals surface area contributed by atoms with Crippen LogP contribution in [0.15, 0.2) is 18.2 Å². The van der Waals surface area contributed by atoms with Crippen LogP contribution in [0.1, 0.15) is 12.5 Å². The van der Waals surface area contributed by atoms with E-state index in [2.05, 4.69) is 0 Å². The number of hydrogen-bond donors (Lipinski definition) is 0. The molecule has 0 aliphatic carbocycles. The quantitative estimate of drug-likeness (QED) is 0.822. The zero-order valence-corrected chi connectivity index (χ0v) is 12.9. The zero-order valence-electron chi connectivity index (χ0n) is 12.9. The van der Waals surface area contributed by atoms with Gasteiger partial charge in [-0.2, -0.15) is 0 Å². The van der Waals surface area contributed by atoms with Gasteiger partial charge in [-0.1, -0.05) is 0 Å². The van der Waals surface area contributed by atoms with E-state index in [1.807, 2.05) is 25.1 Å². The molecule has 1 amide bonds. The Morgan fingerprint density at radius 1 is 1.27 bits per heavy atom. The first-order valence-corrected chi connectivity index (χ1v) is 7.51. The maximum Gasteiger partial charge on any atom is 0.254 e. The number of amides is 1. The first-order valence-electron chi connectivity index (χ1n) is 7.51. The van der Waals surface area contributed by atoms with Crippen LogP contribution in [0.3, 0.4) is 0 Å². The summed E-state index contributed by atoms with van der Waals surface area (Å²) in [5, 5.41) is 0. The van der Waals surface area contributed by atoms with Gasteiger partial charge in [-0.3, -0.25) is 4.79 Å². The number of hydrogen-bond acceptors (Lipinski definition) is 5. The Bertz CT molecular complexity index is 547. The fraction of sp³-hybridized carbons (Fsp3) is 0.562. The van der Waals surface area contributed by atoms with E-state index < -0.39 is 6.10 Å². The van der Waals surface area contributed by atoms with Crippen LogP contribution < -0.4 is 9.47 Å². The Kier molecular flexibility index (Phi) is 4.49. The van der Waals surface area contributed by atoms with Crippen molar-refractivity contribution in [2.24, 2.45) is 0 Å². The number of carbonyl (C=O) groups is 1. The van der Waals surface area contributed by atoms with Crippen LogP contribution in [-0.2, 0) is 20.8 Å². The van der Waals surface area contributed by atoms with Crippen LogP contribution in [-0.4, -0.2) is 56.5 Å². The van der Waals surface area contributed by atoms with Gasteiger partial charge >= 0.3 is 0 Å². The van der Waals surface area contributed by atoms with Crippen LogP contribution in [0.5, 0.6) is 11.5 Å². The molecule has 1 aromatic rings. The number of methoxy groups -OCH3 is 1. The molecule has 0 saturated carbocycles. The minimum atomic E-state index is -0.541. The summed E-state index contributed by atoms with van der Waals surface area (Å²) in [5.74, 6) is 1.50. The summed E-state index contributed by atoms with van der Waals surface area (Å²) in [7, 11) is 1.62. The van der Waals surface area contributed by atoms with Crippen molar-refractivity contribution in [3.63, 3.8) is 0 Å². The van der Waals surface area contributed by atoms with Crippen molar-refractivity contribution in [3.8, 4) is 11.5 Å². The normalized spacial score (nSPS) is 24.9. The summed E-state index contributed by atoms with van der Waals surface area (Å²) in [5.41, 5.74) is 0.939. The highest BCUT2D eigenvalue weighted by atomic mass is 16.6. The van der Waals surface area contributed by atoms with Crippen LogP contribution in [0, 0.1) is 0 Å². The van der Waals surface area contributed by atoms with Gasteiger partial charge in [0.25, 0.3) is 5.91 Å².